The smallest absolute Gasteiger partial charge is 0.282 e. The molecule has 0 radical (unpaired) electrons. The maximum absolute atomic E-state index is 12.5. The van der Waals surface area contributed by atoms with Gasteiger partial charge in [0.15, 0.2) is 0 Å². The monoisotopic (exact) mass is 354 g/mol. The maximum Gasteiger partial charge on any atom is 0.282 e. The van der Waals surface area contributed by atoms with Gasteiger partial charge in [0.1, 0.15) is 11.3 Å². The molecule has 0 aliphatic carbocycles. The molecule has 132 valence electrons. The minimum atomic E-state index is -1.53. The van der Waals surface area contributed by atoms with Gasteiger partial charge in [-0.2, -0.15) is 0 Å². The molecule has 2 aromatic carbocycles. The van der Waals surface area contributed by atoms with Crippen LogP contribution in [0.2, 0.25) is 0 Å². The average Bonchev–Trinajstić information content (AvgIpc) is 2.99. The van der Waals surface area contributed by atoms with E-state index in [-0.39, 0.29) is 16.9 Å². The average molecular weight is 354 g/mol. The lowest BCUT2D eigenvalue weighted by Gasteiger charge is -2.09. The Balaban J connectivity index is 2.10. The molecule has 3 aromatic rings. The summed E-state index contributed by atoms with van der Waals surface area (Å²) in [6, 6.07) is 10.1. The molecule has 3 rings (SSSR count). The largest absolute Gasteiger partial charge is 0.543 e. The highest BCUT2D eigenvalue weighted by Crippen LogP contribution is 2.31. The van der Waals surface area contributed by atoms with Crippen molar-refractivity contribution in [2.24, 2.45) is 0 Å². The number of hydrogen-bond acceptors (Lipinski definition) is 6. The van der Waals surface area contributed by atoms with Crippen LogP contribution in [-0.2, 0) is 0 Å². The molecule has 1 amide bonds. The molecule has 0 atom stereocenters. The highest BCUT2D eigenvalue weighted by molar-refractivity contribution is 6.15. The fourth-order valence-corrected chi connectivity index (χ4v) is 2.59. The van der Waals surface area contributed by atoms with Gasteiger partial charge in [0, 0.05) is 17.0 Å². The lowest BCUT2D eigenvalue weighted by atomic mass is 10.1. The van der Waals surface area contributed by atoms with Crippen molar-refractivity contribution in [2.45, 2.75) is 0 Å². The summed E-state index contributed by atoms with van der Waals surface area (Å²) in [5, 5.41) is 25.3. The van der Waals surface area contributed by atoms with E-state index in [1.807, 2.05) is 0 Å². The van der Waals surface area contributed by atoms with Gasteiger partial charge in [0.25, 0.3) is 11.6 Å². The number of carboxylic acids is 1. The maximum atomic E-state index is 12.5. The number of aromatic nitrogens is 1. The van der Waals surface area contributed by atoms with Crippen LogP contribution in [0.5, 0.6) is 5.75 Å². The van der Waals surface area contributed by atoms with Crippen molar-refractivity contribution >= 4 is 34.2 Å². The van der Waals surface area contributed by atoms with Gasteiger partial charge in [0.2, 0.25) is 0 Å². The molecule has 0 bridgehead atoms. The molecule has 2 N–H and O–H groups in total. The SMILES string of the molecule is COc1ccc2[nH]c(C(=O)[O-])c(NC(=O)c3ccccc3[N+](=O)[O-])c2c1. The van der Waals surface area contributed by atoms with Gasteiger partial charge >= 0.3 is 0 Å². The number of carbonyl (C=O) groups excluding carboxylic acids is 2. The number of aromatic amines is 1. The topological polar surface area (TPSA) is 137 Å². The van der Waals surface area contributed by atoms with Gasteiger partial charge in [0.05, 0.1) is 29.4 Å². The fraction of sp³-hybridized carbons (Fsp3) is 0.0588. The first-order valence-electron chi connectivity index (χ1n) is 7.38. The summed E-state index contributed by atoms with van der Waals surface area (Å²) >= 11 is 0. The van der Waals surface area contributed by atoms with Crippen LogP contribution in [0.1, 0.15) is 20.8 Å². The van der Waals surface area contributed by atoms with Crippen molar-refractivity contribution in [3.8, 4) is 5.75 Å². The summed E-state index contributed by atoms with van der Waals surface area (Å²) in [7, 11) is 1.44. The standard InChI is InChI=1S/C17H13N3O6/c1-26-9-6-7-12-11(8-9)14(15(18-12)17(22)23)19-16(21)10-4-2-3-5-13(10)20(24)25/h2-8,18H,1H3,(H,19,21)(H,22,23)/p-1. The molecule has 1 heterocycles. The number of aromatic carboxylic acids is 1. The van der Waals surface area contributed by atoms with Gasteiger partial charge in [-0.25, -0.2) is 0 Å². The molecular formula is C17H12N3O6-. The number of rotatable bonds is 5. The van der Waals surface area contributed by atoms with Crippen LogP contribution in [-0.4, -0.2) is 28.9 Å². The van der Waals surface area contributed by atoms with Gasteiger partial charge in [-0.3, -0.25) is 14.9 Å². The molecule has 1 aromatic heterocycles. The Morgan fingerprint density at radius 1 is 1.19 bits per heavy atom. The Hall–Kier alpha value is -3.88. The number of nitro groups is 1. The van der Waals surface area contributed by atoms with Crippen molar-refractivity contribution in [1.29, 1.82) is 0 Å². The zero-order chi connectivity index (χ0) is 18.8. The number of fused-ring (bicyclic) bond motifs is 1. The zero-order valence-corrected chi connectivity index (χ0v) is 13.4. The molecular weight excluding hydrogens is 342 g/mol. The zero-order valence-electron chi connectivity index (χ0n) is 13.4. The molecule has 0 aliphatic rings. The lowest BCUT2D eigenvalue weighted by molar-refractivity contribution is -0.385. The van der Waals surface area contributed by atoms with Crippen LogP contribution >= 0.6 is 0 Å². The number of anilines is 1. The van der Waals surface area contributed by atoms with E-state index >= 15 is 0 Å². The number of para-hydroxylation sites is 1. The predicted octanol–water partition coefficient (Wildman–Crippen LogP) is 1.70. The van der Waals surface area contributed by atoms with Gasteiger partial charge in [-0.1, -0.05) is 12.1 Å². The minimum Gasteiger partial charge on any atom is -0.543 e. The fourth-order valence-electron chi connectivity index (χ4n) is 2.59. The van der Waals surface area contributed by atoms with Crippen molar-refractivity contribution < 1.29 is 24.4 Å². The molecule has 0 spiro atoms. The second kappa shape index (κ2) is 6.55. The Kier molecular flexibility index (Phi) is 4.27. The van der Waals surface area contributed by atoms with E-state index in [2.05, 4.69) is 10.3 Å². The van der Waals surface area contributed by atoms with Crippen molar-refractivity contribution in [3.05, 3.63) is 63.8 Å². The predicted molar refractivity (Wildman–Crippen MR) is 90.2 cm³/mol. The summed E-state index contributed by atoms with van der Waals surface area (Å²) in [5.74, 6) is -1.90. The van der Waals surface area contributed by atoms with Crippen LogP contribution in [0.4, 0.5) is 11.4 Å². The van der Waals surface area contributed by atoms with E-state index < -0.39 is 22.5 Å². The Bertz CT molecular complexity index is 1040. The molecule has 0 fully saturated rings. The number of benzene rings is 2. The molecule has 26 heavy (non-hydrogen) atoms. The number of amides is 1. The number of hydrogen-bond donors (Lipinski definition) is 2. The van der Waals surface area contributed by atoms with Crippen LogP contribution in [0.25, 0.3) is 10.9 Å². The molecule has 0 aliphatic heterocycles. The number of methoxy groups -OCH3 is 1. The number of carbonyl (C=O) groups is 2. The number of H-pyrrole nitrogens is 1. The van der Waals surface area contributed by atoms with Crippen LogP contribution in [0.3, 0.4) is 0 Å². The van der Waals surface area contributed by atoms with E-state index in [0.29, 0.717) is 16.7 Å². The molecule has 9 nitrogen and oxygen atoms in total. The highest BCUT2D eigenvalue weighted by Gasteiger charge is 2.22. The van der Waals surface area contributed by atoms with Crippen LogP contribution in [0.15, 0.2) is 42.5 Å². The molecule has 0 saturated heterocycles. The Morgan fingerprint density at radius 2 is 1.92 bits per heavy atom. The first-order chi connectivity index (χ1) is 12.4. The third-order valence-corrected chi connectivity index (χ3v) is 3.79. The van der Waals surface area contributed by atoms with Crippen molar-refractivity contribution in [1.82, 2.24) is 4.98 Å². The quantitative estimate of drug-likeness (QED) is 0.528. The summed E-state index contributed by atoms with van der Waals surface area (Å²) < 4.78 is 5.11. The number of ether oxygens (including phenoxy) is 1. The molecule has 0 saturated carbocycles. The van der Waals surface area contributed by atoms with E-state index in [1.54, 1.807) is 12.1 Å². The third kappa shape index (κ3) is 2.93. The Morgan fingerprint density at radius 3 is 2.58 bits per heavy atom. The van der Waals surface area contributed by atoms with E-state index in [9.17, 15) is 24.8 Å². The second-order valence-electron chi connectivity index (χ2n) is 5.30. The first kappa shape index (κ1) is 17.0. The first-order valence-corrected chi connectivity index (χ1v) is 7.38. The van der Waals surface area contributed by atoms with Crippen LogP contribution < -0.4 is 15.2 Å². The highest BCUT2D eigenvalue weighted by atomic mass is 16.6. The second-order valence-corrected chi connectivity index (χ2v) is 5.30. The number of nitrogens with zero attached hydrogens (tertiary/aromatic N) is 1. The summed E-state index contributed by atoms with van der Waals surface area (Å²) in [4.78, 5) is 37.0. The lowest BCUT2D eigenvalue weighted by Crippen LogP contribution is -2.25. The number of carboxylic acid groups (broad SMARTS) is 1. The van der Waals surface area contributed by atoms with E-state index in [0.717, 1.165) is 0 Å². The van der Waals surface area contributed by atoms with Crippen LogP contribution in [0, 0.1) is 10.1 Å². The summed E-state index contributed by atoms with van der Waals surface area (Å²) in [5.41, 5.74) is -0.554. The Labute approximate surface area is 146 Å². The van der Waals surface area contributed by atoms with Crippen molar-refractivity contribution in [3.63, 3.8) is 0 Å². The van der Waals surface area contributed by atoms with Crippen molar-refractivity contribution in [2.75, 3.05) is 12.4 Å². The summed E-state index contributed by atoms with van der Waals surface area (Å²) in [6.45, 7) is 0. The summed E-state index contributed by atoms with van der Waals surface area (Å²) in [6.07, 6.45) is 0. The van der Waals surface area contributed by atoms with Gasteiger partial charge < -0.3 is 24.9 Å². The van der Waals surface area contributed by atoms with Gasteiger partial charge in [-0.15, -0.1) is 0 Å². The minimum absolute atomic E-state index is 0.0537. The van der Waals surface area contributed by atoms with Gasteiger partial charge in [-0.05, 0) is 24.3 Å². The molecule has 9 heteroatoms. The number of nitro benzene ring substituents is 1. The van der Waals surface area contributed by atoms with E-state index in [1.165, 1.54) is 37.4 Å². The third-order valence-electron chi connectivity index (χ3n) is 3.79. The normalized spacial score (nSPS) is 10.5. The van der Waals surface area contributed by atoms with E-state index in [4.69, 9.17) is 4.74 Å². The molecule has 0 unspecified atom stereocenters. The number of nitrogens with one attached hydrogen (secondary N) is 2.